The summed E-state index contributed by atoms with van der Waals surface area (Å²) >= 11 is 23.0. The maximum Gasteiger partial charge on any atom is 0.0782 e. The quantitative estimate of drug-likeness (QED) is 0.455. The summed E-state index contributed by atoms with van der Waals surface area (Å²) in [6.45, 7) is 1.78. The highest BCUT2D eigenvalue weighted by atomic mass is 35.5. The van der Waals surface area contributed by atoms with Crippen molar-refractivity contribution in [2.45, 2.75) is 6.92 Å². The molecule has 0 saturated carbocycles. The minimum absolute atomic E-state index is 0.357. The van der Waals surface area contributed by atoms with Crippen LogP contribution in [0.2, 0.25) is 20.1 Å². The molecule has 0 bridgehead atoms. The largest absolute Gasteiger partial charge is 0.0839 e. The molecule has 11 heavy (non-hydrogen) atoms. The van der Waals surface area contributed by atoms with Crippen LogP contribution in [-0.2, 0) is 0 Å². The van der Waals surface area contributed by atoms with Gasteiger partial charge in [0, 0.05) is 5.02 Å². The van der Waals surface area contributed by atoms with Crippen LogP contribution >= 0.6 is 46.4 Å². The van der Waals surface area contributed by atoms with Crippen molar-refractivity contribution in [1.82, 2.24) is 0 Å². The Morgan fingerprint density at radius 1 is 0.909 bits per heavy atom. The molecule has 0 heterocycles. The van der Waals surface area contributed by atoms with Crippen LogP contribution in [0, 0.1) is 6.92 Å². The van der Waals surface area contributed by atoms with Crippen molar-refractivity contribution in [2.24, 2.45) is 0 Å². The molecular weight excluding hydrogens is 232 g/mol. The second kappa shape index (κ2) is 3.40. The third-order valence-corrected chi connectivity index (χ3v) is 3.09. The normalized spacial score (nSPS) is 10.3. The molecule has 1 aromatic carbocycles. The van der Waals surface area contributed by atoms with Gasteiger partial charge in [-0.2, -0.15) is 0 Å². The lowest BCUT2D eigenvalue weighted by Crippen LogP contribution is -1.80. The van der Waals surface area contributed by atoms with Gasteiger partial charge in [-0.3, -0.25) is 0 Å². The van der Waals surface area contributed by atoms with Crippen molar-refractivity contribution >= 4 is 46.4 Å². The maximum absolute atomic E-state index is 5.79. The molecule has 0 radical (unpaired) electrons. The van der Waals surface area contributed by atoms with E-state index in [4.69, 9.17) is 46.4 Å². The first-order chi connectivity index (χ1) is 5.04. The first-order valence-corrected chi connectivity index (χ1v) is 4.35. The molecule has 1 aromatic rings. The standard InChI is InChI=1S/C7H4Cl4/c1-3-4(8)2-5(9)7(11)6(3)10/h2H,1H3/i2+1,3+1,4+1,5+1,6+1,7+1. The molecule has 0 N–H and O–H groups in total. The molecule has 0 aliphatic rings. The zero-order chi connectivity index (χ0) is 8.59. The minimum atomic E-state index is 0.357. The molecule has 0 saturated heterocycles. The number of rotatable bonds is 0. The van der Waals surface area contributed by atoms with Gasteiger partial charge >= 0.3 is 0 Å². The number of hydrogen-bond acceptors (Lipinski definition) is 0. The molecule has 0 unspecified atom stereocenters. The third kappa shape index (κ3) is 1.75. The van der Waals surface area contributed by atoms with E-state index in [2.05, 4.69) is 0 Å². The molecule has 0 aliphatic heterocycles. The molecule has 0 fully saturated rings. The Hall–Kier alpha value is 0.380. The average Bonchev–Trinajstić information content (AvgIpc) is 1.97. The molecule has 0 nitrogen and oxygen atoms in total. The summed E-state index contributed by atoms with van der Waals surface area (Å²) in [5.74, 6) is 0. The van der Waals surface area contributed by atoms with Gasteiger partial charge in [0.1, 0.15) is 0 Å². The Bertz CT molecular complexity index is 267. The molecular formula is C7H4Cl4. The summed E-state index contributed by atoms with van der Waals surface area (Å²) in [5, 5.41) is 1.69. The van der Waals surface area contributed by atoms with Gasteiger partial charge in [-0.1, -0.05) is 46.4 Å². The molecule has 4 heteroatoms. The summed E-state index contributed by atoms with van der Waals surface area (Å²) in [4.78, 5) is 0. The van der Waals surface area contributed by atoms with E-state index in [1.165, 1.54) is 0 Å². The highest BCUT2D eigenvalue weighted by molar-refractivity contribution is 6.49. The summed E-state index contributed by atoms with van der Waals surface area (Å²) in [5.41, 5.74) is 0.753. The smallest absolute Gasteiger partial charge is 0.0782 e. The van der Waals surface area contributed by atoms with Crippen molar-refractivity contribution in [3.05, 3.63) is 31.7 Å². The fourth-order valence-electron chi connectivity index (χ4n) is 0.657. The number of halogens is 4. The predicted molar refractivity (Wildman–Crippen MR) is 51.2 cm³/mol. The van der Waals surface area contributed by atoms with E-state index in [1.807, 2.05) is 0 Å². The lowest BCUT2D eigenvalue weighted by atomic mass is 11.0. The monoisotopic (exact) mass is 234 g/mol. The van der Waals surface area contributed by atoms with E-state index in [0.717, 1.165) is 5.56 Å². The van der Waals surface area contributed by atoms with E-state index in [-0.39, 0.29) is 0 Å². The Labute approximate surface area is 85.0 Å². The van der Waals surface area contributed by atoms with Crippen LogP contribution in [0.1, 0.15) is 5.56 Å². The van der Waals surface area contributed by atoms with Crippen LogP contribution in [0.4, 0.5) is 0 Å². The molecule has 0 amide bonds. The number of hydrogen-bond donors (Lipinski definition) is 0. The van der Waals surface area contributed by atoms with Crippen molar-refractivity contribution in [3.63, 3.8) is 0 Å². The van der Waals surface area contributed by atoms with E-state index >= 15 is 0 Å². The molecule has 1 rings (SSSR count). The summed E-state index contributed by atoms with van der Waals surface area (Å²) in [6, 6.07) is 1.58. The van der Waals surface area contributed by atoms with Crippen LogP contribution in [0.3, 0.4) is 0 Å². The first-order valence-electron chi connectivity index (χ1n) is 2.83. The third-order valence-electron chi connectivity index (χ3n) is 1.34. The molecule has 0 aromatic heterocycles. The van der Waals surface area contributed by atoms with Crippen LogP contribution < -0.4 is 0 Å². The van der Waals surface area contributed by atoms with Gasteiger partial charge in [-0.05, 0) is 18.6 Å². The van der Waals surface area contributed by atoms with Gasteiger partial charge in [-0.25, -0.2) is 0 Å². The lowest BCUT2D eigenvalue weighted by Gasteiger charge is -2.04. The number of benzene rings is 1. The van der Waals surface area contributed by atoms with Crippen molar-refractivity contribution in [2.75, 3.05) is 0 Å². The molecule has 0 aliphatic carbocycles. The highest BCUT2D eigenvalue weighted by Gasteiger charge is 2.09. The van der Waals surface area contributed by atoms with E-state index in [1.54, 1.807) is 13.0 Å². The second-order valence-corrected chi connectivity index (χ2v) is 3.66. The Morgan fingerprint density at radius 3 is 2.00 bits per heavy atom. The predicted octanol–water partition coefficient (Wildman–Crippen LogP) is 4.61. The minimum Gasteiger partial charge on any atom is -0.0839 e. The first kappa shape index (κ1) is 9.47. The van der Waals surface area contributed by atoms with Gasteiger partial charge < -0.3 is 0 Å². The van der Waals surface area contributed by atoms with E-state index in [0.29, 0.717) is 20.1 Å². The zero-order valence-corrected chi connectivity index (χ0v) is 8.61. The molecule has 0 spiro atoms. The van der Waals surface area contributed by atoms with Crippen molar-refractivity contribution in [1.29, 1.82) is 0 Å². The molecule has 0 atom stereocenters. The SMILES string of the molecule is C[13c]1[13c](Cl)[13cH][13c](Cl)[13c](Cl)[13c]1Cl. The maximum atomic E-state index is 5.79. The van der Waals surface area contributed by atoms with E-state index in [9.17, 15) is 0 Å². The lowest BCUT2D eigenvalue weighted by molar-refractivity contribution is 1.47. The van der Waals surface area contributed by atoms with Gasteiger partial charge in [0.25, 0.3) is 0 Å². The van der Waals surface area contributed by atoms with Gasteiger partial charge in [-0.15, -0.1) is 0 Å². The Balaban J connectivity index is 3.46. The van der Waals surface area contributed by atoms with Gasteiger partial charge in [0.2, 0.25) is 0 Å². The van der Waals surface area contributed by atoms with Gasteiger partial charge in [0.15, 0.2) is 0 Å². The zero-order valence-electron chi connectivity index (χ0n) is 5.59. The van der Waals surface area contributed by atoms with Crippen molar-refractivity contribution in [3.8, 4) is 0 Å². The average molecular weight is 236 g/mol. The fraction of sp³-hybridized carbons (Fsp3) is 0.143. The van der Waals surface area contributed by atoms with Crippen LogP contribution in [-0.4, -0.2) is 0 Å². The Morgan fingerprint density at radius 2 is 1.45 bits per heavy atom. The van der Waals surface area contributed by atoms with Gasteiger partial charge in [0.05, 0.1) is 15.1 Å². The highest BCUT2D eigenvalue weighted by Crippen LogP contribution is 2.36. The summed E-state index contributed by atoms with van der Waals surface area (Å²) < 4.78 is 0. The van der Waals surface area contributed by atoms with E-state index < -0.39 is 0 Å². The van der Waals surface area contributed by atoms with Crippen LogP contribution in [0.25, 0.3) is 0 Å². The second-order valence-electron chi connectivity index (χ2n) is 2.09. The Kier molecular flexibility index (Phi) is 2.93. The molecule has 60 valence electrons. The topological polar surface area (TPSA) is 0 Å². The van der Waals surface area contributed by atoms with Crippen LogP contribution in [0.5, 0.6) is 0 Å². The van der Waals surface area contributed by atoms with Crippen LogP contribution in [0.15, 0.2) is 6.07 Å². The summed E-state index contributed by atoms with van der Waals surface area (Å²) in [7, 11) is 0. The van der Waals surface area contributed by atoms with Crippen molar-refractivity contribution < 1.29 is 0 Å². The fourth-order valence-corrected chi connectivity index (χ4v) is 1.62. The summed E-state index contributed by atoms with van der Waals surface area (Å²) in [6.07, 6.45) is 0.